The fourth-order valence-electron chi connectivity index (χ4n) is 1.10. The van der Waals surface area contributed by atoms with E-state index in [1.54, 1.807) is 14.2 Å². The van der Waals surface area contributed by atoms with Crippen LogP contribution in [0.1, 0.15) is 26.7 Å². The van der Waals surface area contributed by atoms with E-state index >= 15 is 0 Å². The van der Waals surface area contributed by atoms with Crippen molar-refractivity contribution >= 4 is 11.6 Å². The molecule has 0 spiro atoms. The van der Waals surface area contributed by atoms with E-state index in [0.717, 1.165) is 12.8 Å². The normalized spacial score (nSPS) is 12.5. The second-order valence-electron chi connectivity index (χ2n) is 2.55. The standard InChI is InChI=1S/C8H17ClO2/c1-5-8(9,6-2)7(10-3)11-4/h7H,5-6H2,1-4H3. The quantitative estimate of drug-likeness (QED) is 0.478. The molecule has 0 unspecified atom stereocenters. The van der Waals surface area contributed by atoms with Crippen molar-refractivity contribution in [1.82, 2.24) is 0 Å². The minimum atomic E-state index is -0.372. The van der Waals surface area contributed by atoms with E-state index in [1.165, 1.54) is 0 Å². The van der Waals surface area contributed by atoms with Gasteiger partial charge in [-0.25, -0.2) is 0 Å². The highest BCUT2D eigenvalue weighted by molar-refractivity contribution is 6.24. The predicted molar refractivity (Wildman–Crippen MR) is 47.0 cm³/mol. The Labute approximate surface area is 73.8 Å². The summed E-state index contributed by atoms with van der Waals surface area (Å²) in [5.41, 5.74) is 0. The van der Waals surface area contributed by atoms with E-state index in [4.69, 9.17) is 21.1 Å². The smallest absolute Gasteiger partial charge is 0.175 e. The van der Waals surface area contributed by atoms with E-state index in [2.05, 4.69) is 0 Å². The van der Waals surface area contributed by atoms with Crippen molar-refractivity contribution < 1.29 is 9.47 Å². The Kier molecular flexibility index (Phi) is 5.06. The number of ether oxygens (including phenoxy) is 2. The monoisotopic (exact) mass is 180 g/mol. The summed E-state index contributed by atoms with van der Waals surface area (Å²) in [5.74, 6) is 0. The summed E-state index contributed by atoms with van der Waals surface area (Å²) in [6.07, 6.45) is 1.38. The van der Waals surface area contributed by atoms with Gasteiger partial charge in [-0.1, -0.05) is 13.8 Å². The molecule has 0 aliphatic heterocycles. The summed E-state index contributed by atoms with van der Waals surface area (Å²) < 4.78 is 10.2. The van der Waals surface area contributed by atoms with Crippen molar-refractivity contribution in [2.45, 2.75) is 37.9 Å². The van der Waals surface area contributed by atoms with Gasteiger partial charge in [0, 0.05) is 14.2 Å². The van der Waals surface area contributed by atoms with Gasteiger partial charge in [-0.2, -0.15) is 0 Å². The average Bonchev–Trinajstić information content (AvgIpc) is 2.06. The molecule has 0 N–H and O–H groups in total. The van der Waals surface area contributed by atoms with Gasteiger partial charge in [-0.05, 0) is 12.8 Å². The largest absolute Gasteiger partial charge is 0.354 e. The minimum Gasteiger partial charge on any atom is -0.354 e. The highest BCUT2D eigenvalue weighted by Gasteiger charge is 2.33. The zero-order valence-corrected chi connectivity index (χ0v) is 8.44. The van der Waals surface area contributed by atoms with Crippen LogP contribution < -0.4 is 0 Å². The third-order valence-corrected chi connectivity index (χ3v) is 2.74. The van der Waals surface area contributed by atoms with Crippen LogP contribution in [0.5, 0.6) is 0 Å². The molecule has 2 nitrogen and oxygen atoms in total. The van der Waals surface area contributed by atoms with Gasteiger partial charge in [0.2, 0.25) is 0 Å². The Morgan fingerprint density at radius 3 is 1.64 bits per heavy atom. The van der Waals surface area contributed by atoms with Gasteiger partial charge in [0.05, 0.1) is 4.87 Å². The maximum atomic E-state index is 6.22. The molecule has 0 bridgehead atoms. The van der Waals surface area contributed by atoms with Crippen molar-refractivity contribution in [2.75, 3.05) is 14.2 Å². The Morgan fingerprint density at radius 1 is 1.18 bits per heavy atom. The third kappa shape index (κ3) is 2.62. The fraction of sp³-hybridized carbons (Fsp3) is 1.00. The number of rotatable bonds is 5. The summed E-state index contributed by atoms with van der Waals surface area (Å²) in [7, 11) is 3.22. The second-order valence-corrected chi connectivity index (χ2v) is 3.30. The molecule has 0 aromatic rings. The van der Waals surface area contributed by atoms with Gasteiger partial charge in [-0.3, -0.25) is 0 Å². The van der Waals surface area contributed by atoms with Gasteiger partial charge in [0.1, 0.15) is 0 Å². The van der Waals surface area contributed by atoms with E-state index < -0.39 is 0 Å². The predicted octanol–water partition coefficient (Wildman–Crippen LogP) is 2.40. The number of hydrogen-bond acceptors (Lipinski definition) is 2. The molecule has 0 saturated carbocycles. The van der Waals surface area contributed by atoms with Crippen LogP contribution in [-0.4, -0.2) is 25.4 Å². The first-order valence-corrected chi connectivity index (χ1v) is 4.26. The summed E-state index contributed by atoms with van der Waals surface area (Å²) in [6, 6.07) is 0. The second kappa shape index (κ2) is 4.96. The van der Waals surface area contributed by atoms with E-state index in [1.807, 2.05) is 13.8 Å². The van der Waals surface area contributed by atoms with Crippen molar-refractivity contribution in [1.29, 1.82) is 0 Å². The summed E-state index contributed by atoms with van der Waals surface area (Å²) >= 11 is 6.22. The maximum Gasteiger partial charge on any atom is 0.175 e. The molecular formula is C8H17ClO2. The van der Waals surface area contributed by atoms with Crippen molar-refractivity contribution in [3.05, 3.63) is 0 Å². The van der Waals surface area contributed by atoms with Crippen LogP contribution in [0, 0.1) is 0 Å². The van der Waals surface area contributed by atoms with Gasteiger partial charge < -0.3 is 9.47 Å². The Bertz CT molecular complexity index is 98.3. The van der Waals surface area contributed by atoms with Crippen LogP contribution in [0.2, 0.25) is 0 Å². The summed E-state index contributed by atoms with van der Waals surface area (Å²) in [6.45, 7) is 4.06. The van der Waals surface area contributed by atoms with Crippen molar-refractivity contribution in [3.63, 3.8) is 0 Å². The van der Waals surface area contributed by atoms with Crippen LogP contribution in [-0.2, 0) is 9.47 Å². The van der Waals surface area contributed by atoms with Gasteiger partial charge in [-0.15, -0.1) is 11.6 Å². The van der Waals surface area contributed by atoms with Crippen LogP contribution in [0.25, 0.3) is 0 Å². The summed E-state index contributed by atoms with van der Waals surface area (Å²) in [5, 5.41) is 0. The van der Waals surface area contributed by atoms with E-state index in [-0.39, 0.29) is 11.2 Å². The molecule has 0 heterocycles. The number of alkyl halides is 1. The van der Waals surface area contributed by atoms with Gasteiger partial charge >= 0.3 is 0 Å². The number of hydrogen-bond donors (Lipinski definition) is 0. The average molecular weight is 181 g/mol. The third-order valence-electron chi connectivity index (χ3n) is 2.03. The highest BCUT2D eigenvalue weighted by atomic mass is 35.5. The first kappa shape index (κ1) is 11.2. The van der Waals surface area contributed by atoms with Crippen LogP contribution in [0.4, 0.5) is 0 Å². The molecule has 0 aromatic heterocycles. The molecule has 0 saturated heterocycles. The van der Waals surface area contributed by atoms with Gasteiger partial charge in [0.25, 0.3) is 0 Å². The zero-order chi connectivity index (χ0) is 8.91. The topological polar surface area (TPSA) is 18.5 Å². The molecule has 11 heavy (non-hydrogen) atoms. The molecule has 0 aliphatic carbocycles. The first-order chi connectivity index (χ1) is 5.14. The Balaban J connectivity index is 4.19. The van der Waals surface area contributed by atoms with Crippen LogP contribution >= 0.6 is 11.6 Å². The summed E-state index contributed by atoms with van der Waals surface area (Å²) in [4.78, 5) is -0.372. The Morgan fingerprint density at radius 2 is 1.55 bits per heavy atom. The molecular weight excluding hydrogens is 164 g/mol. The maximum absolute atomic E-state index is 6.22. The number of methoxy groups -OCH3 is 2. The molecule has 0 amide bonds. The zero-order valence-electron chi connectivity index (χ0n) is 7.69. The minimum absolute atomic E-state index is 0.306. The lowest BCUT2D eigenvalue weighted by Gasteiger charge is -2.31. The van der Waals surface area contributed by atoms with Crippen LogP contribution in [0.3, 0.4) is 0 Å². The van der Waals surface area contributed by atoms with Crippen molar-refractivity contribution in [3.8, 4) is 0 Å². The molecule has 0 rings (SSSR count). The molecule has 0 aromatic carbocycles. The highest BCUT2D eigenvalue weighted by Crippen LogP contribution is 2.29. The molecule has 0 fully saturated rings. The number of halogens is 1. The molecule has 68 valence electrons. The fourth-order valence-corrected chi connectivity index (χ4v) is 1.28. The lowest BCUT2D eigenvalue weighted by Crippen LogP contribution is -2.38. The van der Waals surface area contributed by atoms with E-state index in [9.17, 15) is 0 Å². The van der Waals surface area contributed by atoms with Crippen molar-refractivity contribution in [2.24, 2.45) is 0 Å². The Hall–Kier alpha value is 0.210. The van der Waals surface area contributed by atoms with Crippen LogP contribution in [0.15, 0.2) is 0 Å². The molecule has 3 heteroatoms. The SMILES string of the molecule is CCC(Cl)(CC)C(OC)OC. The van der Waals surface area contributed by atoms with Gasteiger partial charge in [0.15, 0.2) is 6.29 Å². The molecule has 0 aliphatic rings. The van der Waals surface area contributed by atoms with E-state index in [0.29, 0.717) is 0 Å². The molecule has 0 radical (unpaired) electrons. The first-order valence-electron chi connectivity index (χ1n) is 3.89. The lowest BCUT2D eigenvalue weighted by atomic mass is 10.0. The lowest BCUT2D eigenvalue weighted by molar-refractivity contribution is -0.128. The molecule has 0 atom stereocenters.